The summed E-state index contributed by atoms with van der Waals surface area (Å²) in [6, 6.07) is 13.6. The molecule has 0 saturated carbocycles. The molecular formula is C19H21N3O4. The van der Waals surface area contributed by atoms with E-state index >= 15 is 0 Å². The standard InChI is InChI=1S/C19H21N3O4/c1-23-15-6-4-13(5-7-15)18-21-19(26-22-18)20-11-10-14-12-16(24-2)8-9-17(14)25-3/h4-9,12H,10-11H2,1-3H3,(H,20,21,22). The SMILES string of the molecule is COc1ccc(-c2noc(NCCc3cc(OC)ccc3OC)n2)cc1. The highest BCUT2D eigenvalue weighted by Crippen LogP contribution is 2.25. The maximum atomic E-state index is 5.38. The number of hydrogen-bond acceptors (Lipinski definition) is 7. The molecule has 0 saturated heterocycles. The summed E-state index contributed by atoms with van der Waals surface area (Å²) in [5.41, 5.74) is 1.89. The summed E-state index contributed by atoms with van der Waals surface area (Å²) in [5, 5.41) is 7.13. The minimum atomic E-state index is 0.373. The zero-order valence-corrected chi connectivity index (χ0v) is 15.0. The van der Waals surface area contributed by atoms with E-state index in [2.05, 4.69) is 15.5 Å². The fraction of sp³-hybridized carbons (Fsp3) is 0.263. The van der Waals surface area contributed by atoms with E-state index in [1.807, 2.05) is 42.5 Å². The van der Waals surface area contributed by atoms with Gasteiger partial charge in [0, 0.05) is 12.1 Å². The largest absolute Gasteiger partial charge is 0.497 e. The summed E-state index contributed by atoms with van der Waals surface area (Å²) in [5.74, 6) is 2.91. The topological polar surface area (TPSA) is 78.6 Å². The molecule has 7 nitrogen and oxygen atoms in total. The van der Waals surface area contributed by atoms with Crippen LogP contribution in [0.25, 0.3) is 11.4 Å². The van der Waals surface area contributed by atoms with Crippen molar-refractivity contribution in [2.24, 2.45) is 0 Å². The van der Waals surface area contributed by atoms with E-state index < -0.39 is 0 Å². The van der Waals surface area contributed by atoms with Gasteiger partial charge >= 0.3 is 6.01 Å². The number of nitrogens with zero attached hydrogens (tertiary/aromatic N) is 2. The molecule has 26 heavy (non-hydrogen) atoms. The van der Waals surface area contributed by atoms with Crippen molar-refractivity contribution in [2.45, 2.75) is 6.42 Å². The molecule has 7 heteroatoms. The number of nitrogens with one attached hydrogen (secondary N) is 1. The molecule has 3 aromatic rings. The summed E-state index contributed by atoms with van der Waals surface area (Å²) in [6.07, 6.45) is 0.723. The smallest absolute Gasteiger partial charge is 0.321 e. The number of hydrogen-bond donors (Lipinski definition) is 1. The molecule has 1 heterocycles. The van der Waals surface area contributed by atoms with Crippen LogP contribution in [0, 0.1) is 0 Å². The Hall–Kier alpha value is -3.22. The van der Waals surface area contributed by atoms with Crippen LogP contribution in [-0.2, 0) is 6.42 Å². The Morgan fingerprint density at radius 2 is 1.65 bits per heavy atom. The Bertz CT molecular complexity index is 846. The van der Waals surface area contributed by atoms with Gasteiger partial charge < -0.3 is 24.1 Å². The van der Waals surface area contributed by atoms with Gasteiger partial charge in [-0.1, -0.05) is 5.16 Å². The van der Waals surface area contributed by atoms with E-state index in [0.717, 1.165) is 34.8 Å². The number of ether oxygens (including phenoxy) is 3. The van der Waals surface area contributed by atoms with Gasteiger partial charge in [-0.05, 0) is 54.4 Å². The second kappa shape index (κ2) is 8.24. The summed E-state index contributed by atoms with van der Waals surface area (Å²) >= 11 is 0. The predicted octanol–water partition coefficient (Wildman–Crippen LogP) is 3.42. The molecule has 1 N–H and O–H groups in total. The van der Waals surface area contributed by atoms with E-state index in [1.165, 1.54) is 0 Å². The molecule has 1 aromatic heterocycles. The molecule has 0 aliphatic carbocycles. The fourth-order valence-electron chi connectivity index (χ4n) is 2.53. The van der Waals surface area contributed by atoms with Crippen LogP contribution in [-0.4, -0.2) is 38.0 Å². The molecular weight excluding hydrogens is 334 g/mol. The maximum absolute atomic E-state index is 5.38. The van der Waals surface area contributed by atoms with Crippen molar-refractivity contribution in [3.8, 4) is 28.6 Å². The van der Waals surface area contributed by atoms with Crippen LogP contribution in [0.5, 0.6) is 17.2 Å². The molecule has 0 spiro atoms. The molecule has 0 radical (unpaired) electrons. The Labute approximate surface area is 151 Å². The van der Waals surface area contributed by atoms with Crippen LogP contribution in [0.15, 0.2) is 47.0 Å². The Kier molecular flexibility index (Phi) is 5.58. The molecule has 3 rings (SSSR count). The molecule has 0 aliphatic rings. The third kappa shape index (κ3) is 4.05. The highest BCUT2D eigenvalue weighted by Gasteiger charge is 2.09. The average molecular weight is 355 g/mol. The van der Waals surface area contributed by atoms with Gasteiger partial charge in [0.05, 0.1) is 21.3 Å². The Balaban J connectivity index is 1.61. The van der Waals surface area contributed by atoms with Gasteiger partial charge in [-0.15, -0.1) is 0 Å². The molecule has 0 aliphatic heterocycles. The summed E-state index contributed by atoms with van der Waals surface area (Å²) < 4.78 is 21.0. The van der Waals surface area contributed by atoms with Crippen LogP contribution < -0.4 is 19.5 Å². The number of aromatic nitrogens is 2. The molecule has 0 bridgehead atoms. The van der Waals surface area contributed by atoms with Gasteiger partial charge in [-0.25, -0.2) is 0 Å². The number of rotatable bonds is 8. The van der Waals surface area contributed by atoms with Crippen molar-refractivity contribution in [1.29, 1.82) is 0 Å². The highest BCUT2D eigenvalue weighted by atomic mass is 16.5. The third-order valence-electron chi connectivity index (χ3n) is 3.93. The lowest BCUT2D eigenvalue weighted by molar-refractivity contribution is 0.398. The van der Waals surface area contributed by atoms with E-state index in [-0.39, 0.29) is 0 Å². The first-order chi connectivity index (χ1) is 12.7. The van der Waals surface area contributed by atoms with Gasteiger partial charge in [0.15, 0.2) is 0 Å². The summed E-state index contributed by atoms with van der Waals surface area (Å²) in [4.78, 5) is 4.36. The highest BCUT2D eigenvalue weighted by molar-refractivity contribution is 5.56. The molecule has 0 amide bonds. The molecule has 0 unspecified atom stereocenters. The van der Waals surface area contributed by atoms with Crippen LogP contribution in [0.4, 0.5) is 6.01 Å². The second-order valence-corrected chi connectivity index (χ2v) is 5.51. The summed E-state index contributed by atoms with van der Waals surface area (Å²) in [6.45, 7) is 0.619. The zero-order chi connectivity index (χ0) is 18.4. The zero-order valence-electron chi connectivity index (χ0n) is 15.0. The second-order valence-electron chi connectivity index (χ2n) is 5.51. The number of benzene rings is 2. The van der Waals surface area contributed by atoms with Gasteiger partial charge in [0.2, 0.25) is 5.82 Å². The van der Waals surface area contributed by atoms with Crippen molar-refractivity contribution < 1.29 is 18.7 Å². The van der Waals surface area contributed by atoms with Crippen LogP contribution in [0.2, 0.25) is 0 Å². The van der Waals surface area contributed by atoms with Crippen molar-refractivity contribution in [3.05, 3.63) is 48.0 Å². The minimum absolute atomic E-state index is 0.373. The first-order valence-electron chi connectivity index (χ1n) is 8.16. The average Bonchev–Trinajstić information content (AvgIpc) is 3.17. The summed E-state index contributed by atoms with van der Waals surface area (Å²) in [7, 11) is 4.92. The first kappa shape index (κ1) is 17.6. The van der Waals surface area contributed by atoms with Gasteiger partial charge in [-0.3, -0.25) is 0 Å². The Morgan fingerprint density at radius 3 is 2.35 bits per heavy atom. The van der Waals surface area contributed by atoms with Gasteiger partial charge in [-0.2, -0.15) is 4.98 Å². The molecule has 0 fully saturated rings. The molecule has 0 atom stereocenters. The van der Waals surface area contributed by atoms with Crippen molar-refractivity contribution in [1.82, 2.24) is 10.1 Å². The number of methoxy groups -OCH3 is 3. The minimum Gasteiger partial charge on any atom is -0.497 e. The van der Waals surface area contributed by atoms with E-state index in [4.69, 9.17) is 18.7 Å². The maximum Gasteiger partial charge on any atom is 0.321 e. The number of anilines is 1. The lowest BCUT2D eigenvalue weighted by Gasteiger charge is -2.10. The van der Waals surface area contributed by atoms with Crippen molar-refractivity contribution >= 4 is 6.01 Å². The third-order valence-corrected chi connectivity index (χ3v) is 3.93. The monoisotopic (exact) mass is 355 g/mol. The van der Waals surface area contributed by atoms with Gasteiger partial charge in [0.1, 0.15) is 17.2 Å². The quantitative estimate of drug-likeness (QED) is 0.663. The van der Waals surface area contributed by atoms with Gasteiger partial charge in [0.25, 0.3) is 0 Å². The molecule has 2 aromatic carbocycles. The molecule has 136 valence electrons. The van der Waals surface area contributed by atoms with E-state index in [9.17, 15) is 0 Å². The van der Waals surface area contributed by atoms with Crippen LogP contribution >= 0.6 is 0 Å². The van der Waals surface area contributed by atoms with Crippen LogP contribution in [0.3, 0.4) is 0 Å². The van der Waals surface area contributed by atoms with Crippen LogP contribution in [0.1, 0.15) is 5.56 Å². The van der Waals surface area contributed by atoms with E-state index in [1.54, 1.807) is 21.3 Å². The normalized spacial score (nSPS) is 10.4. The fourth-order valence-corrected chi connectivity index (χ4v) is 2.53. The lowest BCUT2D eigenvalue weighted by atomic mass is 10.1. The predicted molar refractivity (Wildman–Crippen MR) is 98.0 cm³/mol. The Morgan fingerprint density at radius 1 is 0.923 bits per heavy atom. The lowest BCUT2D eigenvalue weighted by Crippen LogP contribution is -2.06. The van der Waals surface area contributed by atoms with Crippen molar-refractivity contribution in [2.75, 3.05) is 33.2 Å². The van der Waals surface area contributed by atoms with Crippen molar-refractivity contribution in [3.63, 3.8) is 0 Å². The first-order valence-corrected chi connectivity index (χ1v) is 8.16. The van der Waals surface area contributed by atoms with E-state index in [0.29, 0.717) is 18.4 Å².